The summed E-state index contributed by atoms with van der Waals surface area (Å²) in [5, 5.41) is 0. The maximum absolute atomic E-state index is 11.0. The molecule has 0 unspecified atom stereocenters. The number of hydrogen-bond acceptors (Lipinski definition) is 3. The topological polar surface area (TPSA) is 35.5 Å². The zero-order valence-corrected chi connectivity index (χ0v) is 13.9. The van der Waals surface area contributed by atoms with Crippen LogP contribution in [0, 0.1) is 0 Å². The van der Waals surface area contributed by atoms with Crippen molar-refractivity contribution in [3.8, 4) is 0 Å². The van der Waals surface area contributed by atoms with E-state index in [2.05, 4.69) is 13.5 Å². The minimum absolute atomic E-state index is 0.220. The normalized spacial score (nSPS) is 10.3. The van der Waals surface area contributed by atoms with E-state index >= 15 is 0 Å². The Bertz CT molecular complexity index is 239. The molecule has 21 heavy (non-hydrogen) atoms. The summed E-state index contributed by atoms with van der Waals surface area (Å²) >= 11 is 0. The van der Waals surface area contributed by atoms with Crippen LogP contribution in [-0.2, 0) is 9.47 Å². The van der Waals surface area contributed by atoms with Crippen molar-refractivity contribution in [2.24, 2.45) is 0 Å². The molecule has 124 valence electrons. The van der Waals surface area contributed by atoms with Gasteiger partial charge in [-0.2, -0.15) is 0 Å². The summed E-state index contributed by atoms with van der Waals surface area (Å²) in [6.07, 6.45) is 16.6. The largest absolute Gasteiger partial charge is 0.508 e. The molecule has 0 aromatic carbocycles. The zero-order valence-electron chi connectivity index (χ0n) is 13.9. The smallest absolute Gasteiger partial charge is 0.434 e. The van der Waals surface area contributed by atoms with Crippen LogP contribution < -0.4 is 0 Å². The molecule has 0 amide bonds. The number of unbranched alkanes of at least 4 members (excludes halogenated alkanes) is 11. The van der Waals surface area contributed by atoms with Crippen LogP contribution in [0.15, 0.2) is 12.7 Å². The minimum Gasteiger partial charge on any atom is -0.434 e. The van der Waals surface area contributed by atoms with Gasteiger partial charge in [0.1, 0.15) is 6.61 Å². The lowest BCUT2D eigenvalue weighted by atomic mass is 10.1. The third-order valence-corrected chi connectivity index (χ3v) is 3.54. The molecular formula is C18H34O3. The van der Waals surface area contributed by atoms with Crippen LogP contribution in [0.2, 0.25) is 0 Å². The molecule has 0 radical (unpaired) electrons. The van der Waals surface area contributed by atoms with Gasteiger partial charge in [0.2, 0.25) is 0 Å². The molecule has 0 aromatic rings. The Labute approximate surface area is 131 Å². The van der Waals surface area contributed by atoms with Gasteiger partial charge >= 0.3 is 6.16 Å². The van der Waals surface area contributed by atoms with Gasteiger partial charge < -0.3 is 9.47 Å². The molecule has 0 spiro atoms. The van der Waals surface area contributed by atoms with Crippen LogP contribution in [0.5, 0.6) is 0 Å². The quantitative estimate of drug-likeness (QED) is 0.210. The lowest BCUT2D eigenvalue weighted by molar-refractivity contribution is 0.0620. The maximum Gasteiger partial charge on any atom is 0.508 e. The molecule has 0 heterocycles. The summed E-state index contributed by atoms with van der Waals surface area (Å²) < 4.78 is 9.65. The number of carbonyl (C=O) groups is 1. The summed E-state index contributed by atoms with van der Waals surface area (Å²) in [7, 11) is 0. The van der Waals surface area contributed by atoms with Gasteiger partial charge in [-0.25, -0.2) is 4.79 Å². The van der Waals surface area contributed by atoms with Crippen LogP contribution in [0.25, 0.3) is 0 Å². The molecule has 0 bridgehead atoms. The summed E-state index contributed by atoms with van der Waals surface area (Å²) in [5.74, 6) is 0. The third-order valence-electron chi connectivity index (χ3n) is 3.54. The first kappa shape index (κ1) is 20.0. The van der Waals surface area contributed by atoms with Gasteiger partial charge in [0, 0.05) is 0 Å². The van der Waals surface area contributed by atoms with Crippen molar-refractivity contribution >= 4 is 6.16 Å². The lowest BCUT2D eigenvalue weighted by Crippen LogP contribution is -2.08. The number of ether oxygens (including phenoxy) is 2. The van der Waals surface area contributed by atoms with Crippen LogP contribution >= 0.6 is 0 Å². The molecule has 0 aliphatic rings. The molecule has 0 saturated heterocycles. The van der Waals surface area contributed by atoms with E-state index in [9.17, 15) is 4.79 Å². The van der Waals surface area contributed by atoms with Gasteiger partial charge in [0.15, 0.2) is 0 Å². The fourth-order valence-electron chi connectivity index (χ4n) is 2.27. The summed E-state index contributed by atoms with van der Waals surface area (Å²) in [6, 6.07) is 0. The van der Waals surface area contributed by atoms with Crippen molar-refractivity contribution < 1.29 is 14.3 Å². The monoisotopic (exact) mass is 298 g/mol. The lowest BCUT2D eigenvalue weighted by Gasteiger charge is -2.05. The van der Waals surface area contributed by atoms with Crippen molar-refractivity contribution in [2.75, 3.05) is 13.2 Å². The van der Waals surface area contributed by atoms with Crippen LogP contribution in [0.1, 0.15) is 84.0 Å². The Kier molecular flexibility index (Phi) is 16.3. The molecule has 0 saturated carbocycles. The molecule has 3 nitrogen and oxygen atoms in total. The van der Waals surface area contributed by atoms with E-state index in [0.717, 1.165) is 12.8 Å². The molecule has 0 atom stereocenters. The highest BCUT2D eigenvalue weighted by Gasteiger charge is 2.01. The Morgan fingerprint density at radius 2 is 1.29 bits per heavy atom. The summed E-state index contributed by atoms with van der Waals surface area (Å²) in [5.41, 5.74) is 0. The molecule has 0 N–H and O–H groups in total. The highest BCUT2D eigenvalue weighted by Crippen LogP contribution is 2.11. The van der Waals surface area contributed by atoms with E-state index in [1.165, 1.54) is 70.3 Å². The fraction of sp³-hybridized carbons (Fsp3) is 0.833. The van der Waals surface area contributed by atoms with E-state index in [-0.39, 0.29) is 6.61 Å². The highest BCUT2D eigenvalue weighted by atomic mass is 16.7. The van der Waals surface area contributed by atoms with Gasteiger partial charge in [-0.15, -0.1) is 0 Å². The Morgan fingerprint density at radius 1 is 0.810 bits per heavy atom. The molecule has 0 fully saturated rings. The first-order valence-corrected chi connectivity index (χ1v) is 8.71. The minimum atomic E-state index is -0.585. The standard InChI is InChI=1S/C18H34O3/c1-3-5-6-7-8-9-10-11-12-13-14-15-17-21-18(19)20-16-4-2/h4H,2-3,5-17H2,1H3. The van der Waals surface area contributed by atoms with Crippen LogP contribution in [0.4, 0.5) is 4.79 Å². The maximum atomic E-state index is 11.0. The average molecular weight is 298 g/mol. The Morgan fingerprint density at radius 3 is 1.76 bits per heavy atom. The van der Waals surface area contributed by atoms with Gasteiger partial charge in [0.05, 0.1) is 6.61 Å². The van der Waals surface area contributed by atoms with Crippen molar-refractivity contribution in [3.63, 3.8) is 0 Å². The van der Waals surface area contributed by atoms with Crippen LogP contribution in [-0.4, -0.2) is 19.4 Å². The van der Waals surface area contributed by atoms with Gasteiger partial charge in [-0.05, 0) is 6.42 Å². The van der Waals surface area contributed by atoms with Crippen molar-refractivity contribution in [3.05, 3.63) is 12.7 Å². The van der Waals surface area contributed by atoms with E-state index in [4.69, 9.17) is 9.47 Å². The van der Waals surface area contributed by atoms with E-state index in [1.807, 2.05) is 0 Å². The van der Waals surface area contributed by atoms with Crippen molar-refractivity contribution in [1.29, 1.82) is 0 Å². The second kappa shape index (κ2) is 17.1. The van der Waals surface area contributed by atoms with E-state index in [1.54, 1.807) is 0 Å². The molecule has 0 rings (SSSR count). The fourth-order valence-corrected chi connectivity index (χ4v) is 2.27. The van der Waals surface area contributed by atoms with Gasteiger partial charge in [-0.1, -0.05) is 90.2 Å². The SMILES string of the molecule is C=CCOC(=O)OCCCCCCCCCCCCCC. The van der Waals surface area contributed by atoms with E-state index < -0.39 is 6.16 Å². The Balaban J connectivity index is 3.05. The zero-order chi connectivity index (χ0) is 15.6. The predicted molar refractivity (Wildman–Crippen MR) is 88.6 cm³/mol. The summed E-state index contributed by atoms with van der Waals surface area (Å²) in [6.45, 7) is 6.41. The third kappa shape index (κ3) is 17.0. The highest BCUT2D eigenvalue weighted by molar-refractivity contribution is 5.59. The first-order chi connectivity index (χ1) is 10.3. The van der Waals surface area contributed by atoms with Gasteiger partial charge in [-0.3, -0.25) is 0 Å². The van der Waals surface area contributed by atoms with Gasteiger partial charge in [0.25, 0.3) is 0 Å². The van der Waals surface area contributed by atoms with E-state index in [0.29, 0.717) is 6.61 Å². The molecular weight excluding hydrogens is 264 g/mol. The molecule has 0 aliphatic heterocycles. The second-order valence-electron chi connectivity index (χ2n) is 5.59. The number of hydrogen-bond donors (Lipinski definition) is 0. The Hall–Kier alpha value is -0.990. The summed E-state index contributed by atoms with van der Waals surface area (Å²) in [4.78, 5) is 11.0. The molecule has 0 aromatic heterocycles. The number of carbonyl (C=O) groups excluding carboxylic acids is 1. The second-order valence-corrected chi connectivity index (χ2v) is 5.59. The van der Waals surface area contributed by atoms with Crippen LogP contribution in [0.3, 0.4) is 0 Å². The average Bonchev–Trinajstić information content (AvgIpc) is 2.49. The molecule has 3 heteroatoms. The number of rotatable bonds is 15. The molecule has 0 aliphatic carbocycles. The van der Waals surface area contributed by atoms with Crippen molar-refractivity contribution in [1.82, 2.24) is 0 Å². The van der Waals surface area contributed by atoms with Crippen molar-refractivity contribution in [2.45, 2.75) is 84.0 Å². The first-order valence-electron chi connectivity index (χ1n) is 8.71. The predicted octanol–water partition coefficient (Wildman–Crippen LogP) is 6.03.